The molecule has 24 heavy (non-hydrogen) atoms. The molecule has 0 saturated heterocycles. The molecule has 0 fully saturated rings. The molecule has 1 N–H and O–H groups in total. The number of ether oxygens (including phenoxy) is 1. The molecule has 0 bridgehead atoms. The number of nitrogens with zero attached hydrogens (tertiary/aromatic N) is 1. The van der Waals surface area contributed by atoms with Crippen molar-refractivity contribution in [3.63, 3.8) is 0 Å². The van der Waals surface area contributed by atoms with Crippen LogP contribution in [0.15, 0.2) is 53.4 Å². The Bertz CT molecular complexity index is 796. The van der Waals surface area contributed by atoms with Crippen molar-refractivity contribution in [1.29, 1.82) is 0 Å². The molecule has 0 unspecified atom stereocenters. The van der Waals surface area contributed by atoms with Gasteiger partial charge in [0.05, 0.1) is 17.2 Å². The molecule has 2 aromatic rings. The maximum atomic E-state index is 13.1. The van der Waals surface area contributed by atoms with E-state index in [-0.39, 0.29) is 17.3 Å². The van der Waals surface area contributed by atoms with Crippen molar-refractivity contribution >= 4 is 28.1 Å². The Balaban J connectivity index is 0.00000208. The second kappa shape index (κ2) is 7.88. The predicted molar refractivity (Wildman–Crippen MR) is 97.5 cm³/mol. The first-order valence-electron chi connectivity index (χ1n) is 7.67. The molecule has 0 radical (unpaired) electrons. The zero-order chi connectivity index (χ0) is 16.3. The van der Waals surface area contributed by atoms with Crippen LogP contribution >= 0.6 is 12.4 Å². The summed E-state index contributed by atoms with van der Waals surface area (Å²) in [6.45, 7) is 4.05. The Morgan fingerprint density at radius 3 is 2.75 bits per heavy atom. The number of nitrogens with one attached hydrogen (secondary N) is 1. The molecule has 1 aliphatic heterocycles. The minimum atomic E-state index is -3.63. The van der Waals surface area contributed by atoms with Crippen molar-refractivity contribution in [2.45, 2.75) is 18.4 Å². The smallest absolute Gasteiger partial charge is 0.264 e. The first-order chi connectivity index (χ1) is 11.1. The normalized spacial score (nSPS) is 14.3. The fourth-order valence-electron chi connectivity index (χ4n) is 2.70. The molecule has 1 aliphatic rings. The molecule has 0 atom stereocenters. The molecule has 0 saturated carbocycles. The highest BCUT2D eigenvalue weighted by Gasteiger charge is 2.28. The van der Waals surface area contributed by atoms with E-state index in [1.165, 1.54) is 4.31 Å². The van der Waals surface area contributed by atoms with E-state index in [0.29, 0.717) is 32.0 Å². The molecule has 1 heterocycles. The van der Waals surface area contributed by atoms with Crippen LogP contribution in [0.5, 0.6) is 5.75 Å². The van der Waals surface area contributed by atoms with Gasteiger partial charge < -0.3 is 10.1 Å². The lowest BCUT2D eigenvalue weighted by Crippen LogP contribution is -2.34. The first kappa shape index (κ1) is 18.6. The number of benzene rings is 2. The second-order valence-electron chi connectivity index (χ2n) is 5.29. The zero-order valence-electron chi connectivity index (χ0n) is 13.4. The number of rotatable bonds is 4. The Hall–Kier alpha value is -1.76. The number of halogens is 1. The molecular weight excluding hydrogens is 348 g/mol. The van der Waals surface area contributed by atoms with E-state index in [4.69, 9.17) is 4.74 Å². The maximum Gasteiger partial charge on any atom is 0.264 e. The minimum Gasteiger partial charge on any atom is -0.494 e. The van der Waals surface area contributed by atoms with Crippen LogP contribution in [0.1, 0.15) is 12.5 Å². The monoisotopic (exact) mass is 368 g/mol. The number of hydrogen-bond donors (Lipinski definition) is 1. The summed E-state index contributed by atoms with van der Waals surface area (Å²) < 4.78 is 33.1. The van der Waals surface area contributed by atoms with Gasteiger partial charge in [-0.3, -0.25) is 4.31 Å². The Morgan fingerprint density at radius 2 is 1.96 bits per heavy atom. The van der Waals surface area contributed by atoms with Crippen LogP contribution in [-0.2, 0) is 16.6 Å². The van der Waals surface area contributed by atoms with Crippen LogP contribution < -0.4 is 14.4 Å². The van der Waals surface area contributed by atoms with Gasteiger partial charge in [0, 0.05) is 25.7 Å². The molecule has 7 heteroatoms. The molecule has 0 aliphatic carbocycles. The maximum absolute atomic E-state index is 13.1. The lowest BCUT2D eigenvalue weighted by Gasteiger charge is -2.24. The van der Waals surface area contributed by atoms with Crippen LogP contribution in [0.4, 0.5) is 5.69 Å². The van der Waals surface area contributed by atoms with Crippen LogP contribution in [-0.4, -0.2) is 28.1 Å². The van der Waals surface area contributed by atoms with Crippen LogP contribution in [0.2, 0.25) is 0 Å². The highest BCUT2D eigenvalue weighted by molar-refractivity contribution is 7.92. The molecule has 0 amide bonds. The fourth-order valence-corrected chi connectivity index (χ4v) is 4.23. The van der Waals surface area contributed by atoms with E-state index < -0.39 is 10.0 Å². The Labute approximate surface area is 149 Å². The van der Waals surface area contributed by atoms with Crippen LogP contribution in [0, 0.1) is 0 Å². The van der Waals surface area contributed by atoms with Crippen LogP contribution in [0.3, 0.4) is 0 Å². The third-order valence-electron chi connectivity index (χ3n) is 3.77. The van der Waals surface area contributed by atoms with Gasteiger partial charge in [0.15, 0.2) is 0 Å². The van der Waals surface area contributed by atoms with Crippen molar-refractivity contribution < 1.29 is 13.2 Å². The summed E-state index contributed by atoms with van der Waals surface area (Å²) in [5.41, 5.74) is 1.72. The molecule has 5 nitrogen and oxygen atoms in total. The summed E-state index contributed by atoms with van der Waals surface area (Å²) >= 11 is 0. The highest BCUT2D eigenvalue weighted by atomic mass is 35.5. The third-order valence-corrected chi connectivity index (χ3v) is 5.58. The second-order valence-corrected chi connectivity index (χ2v) is 7.15. The van der Waals surface area contributed by atoms with Crippen molar-refractivity contribution in [3.05, 3.63) is 54.1 Å². The van der Waals surface area contributed by atoms with E-state index in [9.17, 15) is 8.42 Å². The Morgan fingerprint density at radius 1 is 1.17 bits per heavy atom. The molecular formula is C17H21ClN2O3S. The van der Waals surface area contributed by atoms with Gasteiger partial charge in [-0.1, -0.05) is 24.3 Å². The summed E-state index contributed by atoms with van der Waals surface area (Å²) in [4.78, 5) is 0.250. The lowest BCUT2D eigenvalue weighted by atomic mass is 10.2. The number of sulfonamides is 1. The van der Waals surface area contributed by atoms with Crippen molar-refractivity contribution in [2.24, 2.45) is 0 Å². The van der Waals surface area contributed by atoms with Crippen molar-refractivity contribution in [3.8, 4) is 5.75 Å². The largest absolute Gasteiger partial charge is 0.494 e. The van der Waals surface area contributed by atoms with Gasteiger partial charge in [-0.25, -0.2) is 8.42 Å². The van der Waals surface area contributed by atoms with Gasteiger partial charge in [0.1, 0.15) is 5.75 Å². The summed E-state index contributed by atoms with van der Waals surface area (Å²) in [6, 6.07) is 14.3. The number of anilines is 1. The van der Waals surface area contributed by atoms with Gasteiger partial charge in [-0.05, 0) is 30.7 Å². The van der Waals surface area contributed by atoms with E-state index in [0.717, 1.165) is 11.3 Å². The van der Waals surface area contributed by atoms with Gasteiger partial charge in [0.2, 0.25) is 0 Å². The van der Waals surface area contributed by atoms with E-state index in [2.05, 4.69) is 5.32 Å². The average molecular weight is 369 g/mol. The lowest BCUT2D eigenvalue weighted by molar-refractivity contribution is 0.339. The predicted octanol–water partition coefficient (Wildman–Crippen LogP) is 2.81. The summed E-state index contributed by atoms with van der Waals surface area (Å²) in [7, 11) is -3.63. The summed E-state index contributed by atoms with van der Waals surface area (Å²) in [6.07, 6.45) is 0. The van der Waals surface area contributed by atoms with E-state index in [1.54, 1.807) is 24.3 Å². The number of fused-ring (bicyclic) bond motifs is 1. The zero-order valence-corrected chi connectivity index (χ0v) is 15.1. The quantitative estimate of drug-likeness (QED) is 0.901. The standard InChI is InChI=1S/C17H20N2O3S.ClH/c1-2-22-15-7-5-8-16(12-15)23(20,21)19-11-10-18-13-14-6-3-4-9-17(14)19;/h3-9,12,18H,2,10-11,13H2,1H3;1H. The molecule has 0 spiro atoms. The summed E-state index contributed by atoms with van der Waals surface area (Å²) in [5.74, 6) is 0.565. The highest BCUT2D eigenvalue weighted by Crippen LogP contribution is 2.29. The molecule has 3 rings (SSSR count). The first-order valence-corrected chi connectivity index (χ1v) is 9.11. The number of hydrogen-bond acceptors (Lipinski definition) is 4. The van der Waals surface area contributed by atoms with Crippen LogP contribution in [0.25, 0.3) is 0 Å². The minimum absolute atomic E-state index is 0. The fraction of sp³-hybridized carbons (Fsp3) is 0.294. The summed E-state index contributed by atoms with van der Waals surface area (Å²) in [5, 5.41) is 3.26. The molecule has 130 valence electrons. The third kappa shape index (κ3) is 3.66. The van der Waals surface area contributed by atoms with E-state index >= 15 is 0 Å². The SMILES string of the molecule is CCOc1cccc(S(=O)(=O)N2CCNCc3ccccc32)c1.Cl. The van der Waals surface area contributed by atoms with Gasteiger partial charge in [-0.2, -0.15) is 0 Å². The topological polar surface area (TPSA) is 58.6 Å². The average Bonchev–Trinajstić information content (AvgIpc) is 2.78. The van der Waals surface area contributed by atoms with Crippen molar-refractivity contribution in [1.82, 2.24) is 5.32 Å². The van der Waals surface area contributed by atoms with Gasteiger partial charge in [-0.15, -0.1) is 12.4 Å². The van der Waals surface area contributed by atoms with Gasteiger partial charge >= 0.3 is 0 Å². The number of para-hydroxylation sites is 1. The molecule has 0 aromatic heterocycles. The van der Waals surface area contributed by atoms with Gasteiger partial charge in [0.25, 0.3) is 10.0 Å². The Kier molecular flexibility index (Phi) is 6.10. The molecule has 2 aromatic carbocycles. The van der Waals surface area contributed by atoms with E-state index in [1.807, 2.05) is 31.2 Å². The van der Waals surface area contributed by atoms with Crippen molar-refractivity contribution in [2.75, 3.05) is 24.0 Å².